The molecule has 1 heterocycles. The lowest BCUT2D eigenvalue weighted by molar-refractivity contribution is -0.134. The van der Waals surface area contributed by atoms with Crippen molar-refractivity contribution in [2.45, 2.75) is 26.3 Å². The van der Waals surface area contributed by atoms with Crippen molar-refractivity contribution in [3.63, 3.8) is 0 Å². The van der Waals surface area contributed by atoms with Gasteiger partial charge in [-0.25, -0.2) is 4.79 Å². The van der Waals surface area contributed by atoms with Crippen LogP contribution in [-0.4, -0.2) is 89.9 Å². The van der Waals surface area contributed by atoms with Crippen molar-refractivity contribution in [2.24, 2.45) is 0 Å². The summed E-state index contributed by atoms with van der Waals surface area (Å²) in [6.07, 6.45) is 0.722. The molecule has 0 spiro atoms. The van der Waals surface area contributed by atoms with E-state index >= 15 is 0 Å². The SMILES string of the molecule is CC(=O)SCCN(CCc1ccccc1)C(=O)N[C@@H](C)C(=O)N1CCN(C)CC1. The predicted octanol–water partition coefficient (Wildman–Crippen LogP) is 1.68. The molecule has 0 bridgehead atoms. The molecule has 1 N–H and O–H groups in total. The van der Waals surface area contributed by atoms with Crippen LogP contribution in [0.1, 0.15) is 19.4 Å². The highest BCUT2D eigenvalue weighted by Gasteiger charge is 2.26. The molecule has 1 aliphatic heterocycles. The zero-order chi connectivity index (χ0) is 21.2. The highest BCUT2D eigenvalue weighted by atomic mass is 32.2. The summed E-state index contributed by atoms with van der Waals surface area (Å²) in [5.74, 6) is 0.491. The molecule has 0 unspecified atom stereocenters. The van der Waals surface area contributed by atoms with E-state index < -0.39 is 6.04 Å². The molecule has 29 heavy (non-hydrogen) atoms. The van der Waals surface area contributed by atoms with Crippen LogP contribution in [0.25, 0.3) is 0 Å². The lowest BCUT2D eigenvalue weighted by Crippen LogP contribution is -2.55. The van der Waals surface area contributed by atoms with Crippen LogP contribution in [0.15, 0.2) is 30.3 Å². The highest BCUT2D eigenvalue weighted by molar-refractivity contribution is 8.13. The topological polar surface area (TPSA) is 73.0 Å². The number of benzene rings is 1. The van der Waals surface area contributed by atoms with Gasteiger partial charge in [-0.3, -0.25) is 9.59 Å². The summed E-state index contributed by atoms with van der Waals surface area (Å²) in [4.78, 5) is 42.4. The van der Waals surface area contributed by atoms with Gasteiger partial charge < -0.3 is 20.0 Å². The Kier molecular flexibility index (Phi) is 9.47. The van der Waals surface area contributed by atoms with E-state index in [-0.39, 0.29) is 17.1 Å². The Hall–Kier alpha value is -2.06. The number of thioether (sulfide) groups is 1. The molecule has 2 rings (SSSR count). The molecule has 1 saturated heterocycles. The smallest absolute Gasteiger partial charge is 0.318 e. The molecular weight excluding hydrogens is 388 g/mol. The molecule has 1 aromatic carbocycles. The fourth-order valence-electron chi connectivity index (χ4n) is 3.16. The van der Waals surface area contributed by atoms with Gasteiger partial charge in [0.1, 0.15) is 6.04 Å². The summed E-state index contributed by atoms with van der Waals surface area (Å²) >= 11 is 1.21. The number of nitrogens with zero attached hydrogens (tertiary/aromatic N) is 3. The Morgan fingerprint density at radius 3 is 2.38 bits per heavy atom. The second kappa shape index (κ2) is 11.8. The lowest BCUT2D eigenvalue weighted by Gasteiger charge is -2.34. The number of rotatable bonds is 8. The van der Waals surface area contributed by atoms with Crippen LogP contribution in [0.2, 0.25) is 0 Å². The van der Waals surface area contributed by atoms with Gasteiger partial charge in [0.25, 0.3) is 0 Å². The first-order valence-electron chi connectivity index (χ1n) is 10.1. The number of piperazine rings is 1. The van der Waals surface area contributed by atoms with E-state index in [9.17, 15) is 14.4 Å². The number of carbonyl (C=O) groups is 3. The first-order valence-corrected chi connectivity index (χ1v) is 11.1. The van der Waals surface area contributed by atoms with E-state index in [4.69, 9.17) is 0 Å². The third-order valence-electron chi connectivity index (χ3n) is 4.99. The molecule has 0 aliphatic carbocycles. The highest BCUT2D eigenvalue weighted by Crippen LogP contribution is 2.07. The number of likely N-dealkylation sites (N-methyl/N-ethyl adjacent to an activating group) is 1. The van der Waals surface area contributed by atoms with Gasteiger partial charge in [-0.1, -0.05) is 42.1 Å². The van der Waals surface area contributed by atoms with Gasteiger partial charge in [-0.2, -0.15) is 0 Å². The largest absolute Gasteiger partial charge is 0.338 e. The van der Waals surface area contributed by atoms with Crippen molar-refractivity contribution in [3.05, 3.63) is 35.9 Å². The van der Waals surface area contributed by atoms with Crippen molar-refractivity contribution < 1.29 is 14.4 Å². The normalized spacial score (nSPS) is 15.6. The zero-order valence-electron chi connectivity index (χ0n) is 17.6. The molecule has 0 aromatic heterocycles. The molecule has 8 heteroatoms. The maximum Gasteiger partial charge on any atom is 0.318 e. The molecule has 1 fully saturated rings. The van der Waals surface area contributed by atoms with E-state index in [0.29, 0.717) is 31.9 Å². The summed E-state index contributed by atoms with van der Waals surface area (Å²) in [5.41, 5.74) is 1.14. The molecule has 160 valence electrons. The number of nitrogens with one attached hydrogen (secondary N) is 1. The van der Waals surface area contributed by atoms with E-state index in [1.807, 2.05) is 42.3 Å². The zero-order valence-corrected chi connectivity index (χ0v) is 18.4. The Balaban J connectivity index is 1.91. The third-order valence-corrected chi connectivity index (χ3v) is 5.79. The van der Waals surface area contributed by atoms with E-state index in [0.717, 1.165) is 25.1 Å². The average Bonchev–Trinajstić information content (AvgIpc) is 2.71. The Morgan fingerprint density at radius 1 is 1.10 bits per heavy atom. The van der Waals surface area contributed by atoms with E-state index in [2.05, 4.69) is 10.2 Å². The first-order chi connectivity index (χ1) is 13.9. The summed E-state index contributed by atoms with van der Waals surface area (Å²) in [6, 6.07) is 9.12. The van der Waals surface area contributed by atoms with Gasteiger partial charge in [0.05, 0.1) is 0 Å². The molecular formula is C21H32N4O3S. The van der Waals surface area contributed by atoms with Gasteiger partial charge in [-0.05, 0) is 26.0 Å². The van der Waals surface area contributed by atoms with Crippen molar-refractivity contribution in [3.8, 4) is 0 Å². The first kappa shape index (κ1) is 23.2. The maximum absolute atomic E-state index is 12.8. The van der Waals surface area contributed by atoms with Crippen molar-refractivity contribution in [1.82, 2.24) is 20.0 Å². The van der Waals surface area contributed by atoms with Crippen LogP contribution in [0.5, 0.6) is 0 Å². The van der Waals surface area contributed by atoms with Crippen molar-refractivity contribution in [2.75, 3.05) is 52.1 Å². The monoisotopic (exact) mass is 420 g/mol. The minimum atomic E-state index is -0.578. The summed E-state index contributed by atoms with van der Waals surface area (Å²) in [6.45, 7) is 7.30. The van der Waals surface area contributed by atoms with E-state index in [1.54, 1.807) is 11.8 Å². The lowest BCUT2D eigenvalue weighted by atomic mass is 10.1. The molecule has 0 radical (unpaired) electrons. The minimum absolute atomic E-state index is 0.0343. The van der Waals surface area contributed by atoms with Gasteiger partial charge in [0, 0.05) is 51.9 Å². The minimum Gasteiger partial charge on any atom is -0.338 e. The summed E-state index contributed by atoms with van der Waals surface area (Å²) < 4.78 is 0. The molecule has 1 aliphatic rings. The maximum atomic E-state index is 12.8. The fourth-order valence-corrected chi connectivity index (χ4v) is 3.76. The van der Waals surface area contributed by atoms with Crippen LogP contribution >= 0.6 is 11.8 Å². The molecule has 0 saturated carbocycles. The Labute approximate surface area is 177 Å². The van der Waals surface area contributed by atoms with Crippen LogP contribution in [0.4, 0.5) is 4.79 Å². The van der Waals surface area contributed by atoms with Gasteiger partial charge in [-0.15, -0.1) is 0 Å². The standard InChI is InChI=1S/C21H32N4O3S/c1-17(20(27)24-13-11-23(3)12-14-24)22-21(28)25(15-16-29-18(2)26)10-9-19-7-5-4-6-8-19/h4-8,17H,9-16H2,1-3H3,(H,22,28)/t17-/m0/s1. The van der Waals surface area contributed by atoms with Crippen LogP contribution < -0.4 is 5.32 Å². The molecule has 3 amide bonds. The third kappa shape index (κ3) is 8.06. The molecule has 1 aromatic rings. The van der Waals surface area contributed by atoms with Crippen LogP contribution in [0, 0.1) is 0 Å². The summed E-state index contributed by atoms with van der Waals surface area (Å²) in [7, 11) is 2.04. The fraction of sp³-hybridized carbons (Fsp3) is 0.571. The number of urea groups is 1. The summed E-state index contributed by atoms with van der Waals surface area (Å²) in [5, 5.41) is 2.88. The Bertz CT molecular complexity index is 678. The number of hydrogen-bond donors (Lipinski definition) is 1. The second-order valence-electron chi connectivity index (χ2n) is 7.36. The quantitative estimate of drug-likeness (QED) is 0.693. The van der Waals surface area contributed by atoms with Gasteiger partial charge >= 0.3 is 6.03 Å². The van der Waals surface area contributed by atoms with Crippen molar-refractivity contribution >= 4 is 28.8 Å². The molecule has 7 nitrogen and oxygen atoms in total. The van der Waals surface area contributed by atoms with Gasteiger partial charge in [0.15, 0.2) is 5.12 Å². The predicted molar refractivity (Wildman–Crippen MR) is 117 cm³/mol. The average molecular weight is 421 g/mol. The van der Waals surface area contributed by atoms with Crippen LogP contribution in [-0.2, 0) is 16.0 Å². The van der Waals surface area contributed by atoms with Gasteiger partial charge in [0.2, 0.25) is 5.91 Å². The number of amides is 3. The number of carbonyl (C=O) groups excluding carboxylic acids is 3. The van der Waals surface area contributed by atoms with E-state index in [1.165, 1.54) is 18.7 Å². The second-order valence-corrected chi connectivity index (χ2v) is 8.63. The van der Waals surface area contributed by atoms with Crippen molar-refractivity contribution in [1.29, 1.82) is 0 Å². The molecule has 1 atom stereocenters. The van der Waals surface area contributed by atoms with Crippen LogP contribution in [0.3, 0.4) is 0 Å². The Morgan fingerprint density at radius 2 is 1.76 bits per heavy atom. The number of hydrogen-bond acceptors (Lipinski definition) is 5.